The van der Waals surface area contributed by atoms with E-state index in [9.17, 15) is 14.9 Å². The van der Waals surface area contributed by atoms with Crippen molar-refractivity contribution in [1.82, 2.24) is 15.3 Å². The van der Waals surface area contributed by atoms with Crippen LogP contribution in [0.4, 0.5) is 5.69 Å². The van der Waals surface area contributed by atoms with E-state index in [0.29, 0.717) is 11.4 Å². The van der Waals surface area contributed by atoms with Crippen LogP contribution in [0.5, 0.6) is 5.75 Å². The molecule has 2 aromatic carbocycles. The Labute approximate surface area is 165 Å². The molecule has 0 aliphatic heterocycles. The zero-order chi connectivity index (χ0) is 20.1. The summed E-state index contributed by atoms with van der Waals surface area (Å²) < 4.78 is 5.14. The molecule has 0 fully saturated rings. The number of nitro groups is 1. The van der Waals surface area contributed by atoms with Crippen LogP contribution >= 0.6 is 11.6 Å². The third kappa shape index (κ3) is 4.41. The number of carbonyl (C=O) groups excluding carboxylic acids is 1. The number of nitrogens with zero attached hydrogens (tertiary/aromatic N) is 3. The van der Waals surface area contributed by atoms with E-state index in [2.05, 4.69) is 15.3 Å². The minimum atomic E-state index is -0.585. The van der Waals surface area contributed by atoms with E-state index < -0.39 is 10.8 Å². The highest BCUT2D eigenvalue weighted by atomic mass is 35.5. The number of benzene rings is 2. The van der Waals surface area contributed by atoms with Gasteiger partial charge in [-0.15, -0.1) is 0 Å². The number of non-ortho nitro benzene ring substituents is 1. The monoisotopic (exact) mass is 398 g/mol. The summed E-state index contributed by atoms with van der Waals surface area (Å²) in [6.45, 7) is 0.115. The summed E-state index contributed by atoms with van der Waals surface area (Å²) in [6.07, 6.45) is 1.40. The number of nitrogens with one attached hydrogen (secondary N) is 1. The van der Waals surface area contributed by atoms with E-state index >= 15 is 0 Å². The van der Waals surface area contributed by atoms with E-state index in [1.54, 1.807) is 13.2 Å². The molecule has 3 rings (SSSR count). The van der Waals surface area contributed by atoms with Crippen LogP contribution in [-0.2, 0) is 6.54 Å². The molecule has 1 amide bonds. The average molecular weight is 399 g/mol. The second-order valence-electron chi connectivity index (χ2n) is 5.73. The molecule has 0 saturated heterocycles. The Morgan fingerprint density at radius 2 is 1.93 bits per heavy atom. The first-order chi connectivity index (χ1) is 13.5. The minimum absolute atomic E-state index is 0.0281. The standard InChI is InChI=1S/C19H15ClN4O4/c1-28-15-5-2-12(3-6-15)18-8-13(22-11-23-18)10-21-19(25)16-9-14(24(26)27)4-7-17(16)20/h2-9,11H,10H2,1H3,(H,21,25). The van der Waals surface area contributed by atoms with Crippen LogP contribution in [-0.4, -0.2) is 27.9 Å². The molecule has 3 aromatic rings. The first-order valence-electron chi connectivity index (χ1n) is 8.15. The molecule has 142 valence electrons. The van der Waals surface area contributed by atoms with Crippen molar-refractivity contribution in [2.24, 2.45) is 0 Å². The number of amides is 1. The zero-order valence-corrected chi connectivity index (χ0v) is 15.5. The van der Waals surface area contributed by atoms with E-state index in [1.165, 1.54) is 18.5 Å². The van der Waals surface area contributed by atoms with Crippen molar-refractivity contribution in [1.29, 1.82) is 0 Å². The van der Waals surface area contributed by atoms with Crippen molar-refractivity contribution in [2.75, 3.05) is 7.11 Å². The van der Waals surface area contributed by atoms with E-state index in [-0.39, 0.29) is 22.8 Å². The molecule has 0 radical (unpaired) electrons. The van der Waals surface area contributed by atoms with Gasteiger partial charge in [-0.05, 0) is 36.4 Å². The summed E-state index contributed by atoms with van der Waals surface area (Å²) in [5, 5.41) is 13.7. The van der Waals surface area contributed by atoms with Crippen LogP contribution in [0.15, 0.2) is 54.9 Å². The molecular weight excluding hydrogens is 384 g/mol. The van der Waals surface area contributed by atoms with Crippen molar-refractivity contribution in [3.8, 4) is 17.0 Å². The van der Waals surface area contributed by atoms with Gasteiger partial charge in [0.05, 0.1) is 40.6 Å². The first-order valence-corrected chi connectivity index (χ1v) is 8.53. The van der Waals surface area contributed by atoms with Gasteiger partial charge in [-0.3, -0.25) is 14.9 Å². The van der Waals surface area contributed by atoms with Gasteiger partial charge in [-0.1, -0.05) is 11.6 Å². The van der Waals surface area contributed by atoms with Crippen molar-refractivity contribution in [3.63, 3.8) is 0 Å². The molecule has 1 heterocycles. The smallest absolute Gasteiger partial charge is 0.270 e. The molecule has 28 heavy (non-hydrogen) atoms. The Morgan fingerprint density at radius 1 is 1.18 bits per heavy atom. The van der Waals surface area contributed by atoms with Gasteiger partial charge in [0.1, 0.15) is 12.1 Å². The lowest BCUT2D eigenvalue weighted by molar-refractivity contribution is -0.384. The molecular formula is C19H15ClN4O4. The highest BCUT2D eigenvalue weighted by Crippen LogP contribution is 2.23. The lowest BCUT2D eigenvalue weighted by Gasteiger charge is -2.08. The number of rotatable bonds is 6. The summed E-state index contributed by atoms with van der Waals surface area (Å²) in [7, 11) is 1.59. The van der Waals surface area contributed by atoms with Crippen LogP contribution in [0.1, 0.15) is 16.1 Å². The maximum atomic E-state index is 12.4. The number of hydrogen-bond donors (Lipinski definition) is 1. The molecule has 0 atom stereocenters. The third-order valence-electron chi connectivity index (χ3n) is 3.94. The number of carbonyl (C=O) groups is 1. The van der Waals surface area contributed by atoms with Crippen molar-refractivity contribution < 1.29 is 14.5 Å². The summed E-state index contributed by atoms with van der Waals surface area (Å²) >= 11 is 5.99. The van der Waals surface area contributed by atoms with Crippen LogP contribution in [0, 0.1) is 10.1 Å². The van der Waals surface area contributed by atoms with Gasteiger partial charge in [0.15, 0.2) is 0 Å². The predicted octanol–water partition coefficient (Wildman–Crippen LogP) is 3.64. The number of hydrogen-bond acceptors (Lipinski definition) is 6. The van der Waals surface area contributed by atoms with Gasteiger partial charge >= 0.3 is 0 Å². The second-order valence-corrected chi connectivity index (χ2v) is 6.13. The first kappa shape index (κ1) is 19.2. The van der Waals surface area contributed by atoms with Gasteiger partial charge in [-0.2, -0.15) is 0 Å². The predicted molar refractivity (Wildman–Crippen MR) is 103 cm³/mol. The number of ether oxygens (including phenoxy) is 1. The molecule has 8 nitrogen and oxygen atoms in total. The van der Waals surface area contributed by atoms with E-state index in [1.807, 2.05) is 24.3 Å². The number of methoxy groups -OCH3 is 1. The Kier molecular flexibility index (Phi) is 5.81. The average Bonchev–Trinajstić information content (AvgIpc) is 2.72. The molecule has 0 aliphatic rings. The molecule has 0 saturated carbocycles. The van der Waals surface area contributed by atoms with Crippen LogP contribution in [0.25, 0.3) is 11.3 Å². The van der Waals surface area contributed by atoms with Crippen LogP contribution < -0.4 is 10.1 Å². The van der Waals surface area contributed by atoms with Gasteiger partial charge in [0.25, 0.3) is 11.6 Å². The van der Waals surface area contributed by atoms with Gasteiger partial charge in [0.2, 0.25) is 0 Å². The highest BCUT2D eigenvalue weighted by Gasteiger charge is 2.16. The maximum Gasteiger partial charge on any atom is 0.270 e. The number of aromatic nitrogens is 2. The summed E-state index contributed by atoms with van der Waals surface area (Å²) in [6, 6.07) is 12.8. The molecule has 1 N–H and O–H groups in total. The van der Waals surface area contributed by atoms with E-state index in [0.717, 1.165) is 17.4 Å². The Balaban J connectivity index is 1.73. The normalized spacial score (nSPS) is 10.4. The Bertz CT molecular complexity index is 1020. The maximum absolute atomic E-state index is 12.4. The fraction of sp³-hybridized carbons (Fsp3) is 0.105. The Hall–Kier alpha value is -3.52. The van der Waals surface area contributed by atoms with Crippen LogP contribution in [0.2, 0.25) is 5.02 Å². The summed E-state index contributed by atoms with van der Waals surface area (Å²) in [4.78, 5) is 31.0. The third-order valence-corrected chi connectivity index (χ3v) is 4.27. The van der Waals surface area contributed by atoms with Gasteiger partial charge in [-0.25, -0.2) is 9.97 Å². The molecule has 0 bridgehead atoms. The number of halogens is 1. The lowest BCUT2D eigenvalue weighted by Crippen LogP contribution is -2.23. The SMILES string of the molecule is COc1ccc(-c2cc(CNC(=O)c3cc([N+](=O)[O-])ccc3Cl)ncn2)cc1. The zero-order valence-electron chi connectivity index (χ0n) is 14.8. The van der Waals surface area contributed by atoms with Crippen molar-refractivity contribution in [3.05, 3.63) is 81.3 Å². The minimum Gasteiger partial charge on any atom is -0.497 e. The van der Waals surface area contributed by atoms with Gasteiger partial charge < -0.3 is 10.1 Å². The molecule has 1 aromatic heterocycles. The topological polar surface area (TPSA) is 107 Å². The summed E-state index contributed by atoms with van der Waals surface area (Å²) in [5.41, 5.74) is 1.96. The molecule has 0 aliphatic carbocycles. The Morgan fingerprint density at radius 3 is 2.61 bits per heavy atom. The van der Waals surface area contributed by atoms with Crippen molar-refractivity contribution >= 4 is 23.2 Å². The second kappa shape index (κ2) is 8.45. The largest absolute Gasteiger partial charge is 0.497 e. The van der Waals surface area contributed by atoms with Crippen molar-refractivity contribution in [2.45, 2.75) is 6.54 Å². The molecule has 9 heteroatoms. The molecule has 0 unspecified atom stereocenters. The number of nitro benzene ring substituents is 1. The van der Waals surface area contributed by atoms with E-state index in [4.69, 9.17) is 16.3 Å². The highest BCUT2D eigenvalue weighted by molar-refractivity contribution is 6.33. The van der Waals surface area contributed by atoms with Gasteiger partial charge in [0, 0.05) is 17.7 Å². The fourth-order valence-electron chi connectivity index (χ4n) is 2.48. The molecule has 0 spiro atoms. The fourth-order valence-corrected chi connectivity index (χ4v) is 2.68. The quantitative estimate of drug-likeness (QED) is 0.501. The van der Waals surface area contributed by atoms with Crippen LogP contribution in [0.3, 0.4) is 0 Å². The summed E-state index contributed by atoms with van der Waals surface area (Å²) in [5.74, 6) is 0.206. The lowest BCUT2D eigenvalue weighted by atomic mass is 10.1.